The van der Waals surface area contributed by atoms with Crippen LogP contribution in [0.1, 0.15) is 22.8 Å². The van der Waals surface area contributed by atoms with E-state index in [2.05, 4.69) is 15.1 Å². The van der Waals surface area contributed by atoms with Crippen LogP contribution in [0.4, 0.5) is 17.6 Å². The van der Waals surface area contributed by atoms with Gasteiger partial charge in [0.25, 0.3) is 5.91 Å². The Hall–Kier alpha value is -1.67. The molecule has 4 nitrogen and oxygen atoms in total. The summed E-state index contributed by atoms with van der Waals surface area (Å²) in [4.78, 5) is 16.5. The van der Waals surface area contributed by atoms with Gasteiger partial charge in [0, 0.05) is 44.3 Å². The van der Waals surface area contributed by atoms with Gasteiger partial charge in [0.2, 0.25) is 0 Å². The Kier molecular flexibility index (Phi) is 5.82. The number of halogens is 4. The second-order valence-electron chi connectivity index (χ2n) is 6.09. The summed E-state index contributed by atoms with van der Waals surface area (Å²) in [6.07, 6.45) is -4.83. The van der Waals surface area contributed by atoms with Crippen LogP contribution in [0.5, 0.6) is 0 Å². The minimum Gasteiger partial charge on any atom is -0.350 e. The Bertz CT molecular complexity index is 583. The lowest BCUT2D eigenvalue weighted by Crippen LogP contribution is -2.51. The van der Waals surface area contributed by atoms with Crippen LogP contribution in [0.15, 0.2) is 18.2 Å². The lowest BCUT2D eigenvalue weighted by Gasteiger charge is -2.36. The summed E-state index contributed by atoms with van der Waals surface area (Å²) in [7, 11) is 2.04. The second-order valence-corrected chi connectivity index (χ2v) is 6.09. The molecule has 1 N–H and O–H groups in total. The SMILES string of the molecule is C[C@H](CNC(=O)c1ccc(F)c(C(F)(F)F)c1)N1CCN(C)CC1. The smallest absolute Gasteiger partial charge is 0.350 e. The molecule has 1 aliphatic heterocycles. The fraction of sp³-hybridized carbons (Fsp3) is 0.562. The van der Waals surface area contributed by atoms with E-state index in [1.807, 2.05) is 14.0 Å². The molecule has 0 unspecified atom stereocenters. The van der Waals surface area contributed by atoms with Crippen molar-refractivity contribution < 1.29 is 22.4 Å². The highest BCUT2D eigenvalue weighted by atomic mass is 19.4. The minimum absolute atomic E-state index is 0.0742. The Morgan fingerprint density at radius 2 is 1.88 bits per heavy atom. The molecule has 0 aromatic heterocycles. The van der Waals surface area contributed by atoms with Gasteiger partial charge in [0.05, 0.1) is 5.56 Å². The molecular formula is C16H21F4N3O. The number of amides is 1. The molecule has 24 heavy (non-hydrogen) atoms. The van der Waals surface area contributed by atoms with Gasteiger partial charge in [0.15, 0.2) is 0 Å². The van der Waals surface area contributed by atoms with Gasteiger partial charge >= 0.3 is 6.18 Å². The molecule has 1 aromatic carbocycles. The number of nitrogens with one attached hydrogen (secondary N) is 1. The number of carbonyl (C=O) groups excluding carboxylic acids is 1. The molecule has 1 aromatic rings. The van der Waals surface area contributed by atoms with E-state index in [0.717, 1.165) is 32.2 Å². The second kappa shape index (κ2) is 7.48. The van der Waals surface area contributed by atoms with Crippen LogP contribution in [-0.2, 0) is 6.18 Å². The summed E-state index contributed by atoms with van der Waals surface area (Å²) >= 11 is 0. The molecule has 1 saturated heterocycles. The maximum atomic E-state index is 13.3. The van der Waals surface area contributed by atoms with Crippen LogP contribution in [0, 0.1) is 5.82 Å². The molecule has 0 saturated carbocycles. The first-order valence-electron chi connectivity index (χ1n) is 7.76. The third kappa shape index (κ3) is 4.67. The molecule has 2 rings (SSSR count). The standard InChI is InChI=1S/C16H21F4N3O/c1-11(23-7-5-22(2)6-8-23)10-21-15(24)12-3-4-14(17)13(9-12)16(18,19)20/h3-4,9,11H,5-8,10H2,1-2H3,(H,21,24)/t11-/m1/s1. The molecule has 1 fully saturated rings. The van der Waals surface area contributed by atoms with Crippen molar-refractivity contribution >= 4 is 5.91 Å². The lowest BCUT2D eigenvalue weighted by molar-refractivity contribution is -0.140. The normalized spacial score (nSPS) is 18.4. The quantitative estimate of drug-likeness (QED) is 0.849. The third-order valence-electron chi connectivity index (χ3n) is 4.25. The first-order valence-corrected chi connectivity index (χ1v) is 7.76. The van der Waals surface area contributed by atoms with E-state index >= 15 is 0 Å². The van der Waals surface area contributed by atoms with Crippen LogP contribution < -0.4 is 5.32 Å². The number of carbonyl (C=O) groups is 1. The first-order chi connectivity index (χ1) is 11.2. The number of rotatable bonds is 4. The molecular weight excluding hydrogens is 326 g/mol. The zero-order valence-corrected chi connectivity index (χ0v) is 13.7. The fourth-order valence-electron chi connectivity index (χ4n) is 2.62. The largest absolute Gasteiger partial charge is 0.419 e. The fourth-order valence-corrected chi connectivity index (χ4v) is 2.62. The Balaban J connectivity index is 1.95. The van der Waals surface area contributed by atoms with Gasteiger partial charge in [-0.3, -0.25) is 9.69 Å². The van der Waals surface area contributed by atoms with Crippen molar-refractivity contribution in [2.24, 2.45) is 0 Å². The Morgan fingerprint density at radius 3 is 2.46 bits per heavy atom. The van der Waals surface area contributed by atoms with Crippen LogP contribution in [0.3, 0.4) is 0 Å². The molecule has 1 atom stereocenters. The van der Waals surface area contributed by atoms with E-state index in [4.69, 9.17) is 0 Å². The number of alkyl halides is 3. The van der Waals surface area contributed by atoms with E-state index < -0.39 is 23.5 Å². The van der Waals surface area contributed by atoms with Gasteiger partial charge in [0.1, 0.15) is 5.82 Å². The van der Waals surface area contributed by atoms with Crippen LogP contribution in [-0.4, -0.2) is 61.5 Å². The van der Waals surface area contributed by atoms with E-state index in [1.54, 1.807) is 0 Å². The monoisotopic (exact) mass is 347 g/mol. The maximum absolute atomic E-state index is 13.3. The number of likely N-dealkylation sites (N-methyl/N-ethyl adjacent to an activating group) is 1. The topological polar surface area (TPSA) is 35.6 Å². The summed E-state index contributed by atoms with van der Waals surface area (Å²) in [5.74, 6) is -2.02. The number of benzene rings is 1. The molecule has 1 aliphatic rings. The highest BCUT2D eigenvalue weighted by Crippen LogP contribution is 2.31. The molecule has 1 heterocycles. The molecule has 134 valence electrons. The summed E-state index contributed by atoms with van der Waals surface area (Å²) < 4.78 is 51.4. The highest BCUT2D eigenvalue weighted by molar-refractivity contribution is 5.94. The molecule has 0 radical (unpaired) electrons. The number of hydrogen-bond acceptors (Lipinski definition) is 3. The van der Waals surface area contributed by atoms with Crippen LogP contribution >= 0.6 is 0 Å². The third-order valence-corrected chi connectivity index (χ3v) is 4.25. The van der Waals surface area contributed by atoms with Gasteiger partial charge in [-0.1, -0.05) is 0 Å². The van der Waals surface area contributed by atoms with Crippen LogP contribution in [0.2, 0.25) is 0 Å². The Morgan fingerprint density at radius 1 is 1.25 bits per heavy atom. The predicted octanol–water partition coefficient (Wildman–Crippen LogP) is 2.21. The van der Waals surface area contributed by atoms with Crippen LogP contribution in [0.25, 0.3) is 0 Å². The number of hydrogen-bond donors (Lipinski definition) is 1. The zero-order chi connectivity index (χ0) is 17.9. The molecule has 0 aliphatic carbocycles. The Labute approximate surface area is 138 Å². The lowest BCUT2D eigenvalue weighted by atomic mass is 10.1. The highest BCUT2D eigenvalue weighted by Gasteiger charge is 2.34. The summed E-state index contributed by atoms with van der Waals surface area (Å²) in [5, 5.41) is 2.62. The predicted molar refractivity (Wildman–Crippen MR) is 82.3 cm³/mol. The van der Waals surface area contributed by atoms with E-state index in [9.17, 15) is 22.4 Å². The molecule has 8 heteroatoms. The zero-order valence-electron chi connectivity index (χ0n) is 13.7. The molecule has 0 bridgehead atoms. The van der Waals surface area contributed by atoms with Gasteiger partial charge in [-0.2, -0.15) is 13.2 Å². The van der Waals surface area contributed by atoms with Crippen molar-refractivity contribution in [1.82, 2.24) is 15.1 Å². The average molecular weight is 347 g/mol. The van der Waals surface area contributed by atoms with Gasteiger partial charge in [-0.15, -0.1) is 0 Å². The van der Waals surface area contributed by atoms with Crippen molar-refractivity contribution in [2.45, 2.75) is 19.1 Å². The summed E-state index contributed by atoms with van der Waals surface area (Å²) in [5.41, 5.74) is -1.63. The molecule has 1 amide bonds. The first kappa shape index (κ1) is 18.7. The average Bonchev–Trinajstić information content (AvgIpc) is 2.52. The van der Waals surface area contributed by atoms with Crippen molar-refractivity contribution in [3.05, 3.63) is 35.1 Å². The van der Waals surface area contributed by atoms with Gasteiger partial charge < -0.3 is 10.2 Å². The van der Waals surface area contributed by atoms with Crippen molar-refractivity contribution in [2.75, 3.05) is 39.8 Å². The van der Waals surface area contributed by atoms with Crippen molar-refractivity contribution in [1.29, 1.82) is 0 Å². The summed E-state index contributed by atoms with van der Waals surface area (Å²) in [6.45, 7) is 5.90. The molecule has 0 spiro atoms. The number of piperazine rings is 1. The maximum Gasteiger partial charge on any atom is 0.419 e. The van der Waals surface area contributed by atoms with Gasteiger partial charge in [-0.25, -0.2) is 4.39 Å². The van der Waals surface area contributed by atoms with E-state index in [1.165, 1.54) is 0 Å². The van der Waals surface area contributed by atoms with E-state index in [-0.39, 0.29) is 11.6 Å². The summed E-state index contributed by atoms with van der Waals surface area (Å²) in [6, 6.07) is 2.35. The number of nitrogens with zero attached hydrogens (tertiary/aromatic N) is 2. The van der Waals surface area contributed by atoms with Crippen molar-refractivity contribution in [3.63, 3.8) is 0 Å². The minimum atomic E-state index is -4.83. The van der Waals surface area contributed by atoms with Crippen molar-refractivity contribution in [3.8, 4) is 0 Å². The van der Waals surface area contributed by atoms with E-state index in [0.29, 0.717) is 18.7 Å². The van der Waals surface area contributed by atoms with Gasteiger partial charge in [-0.05, 0) is 32.2 Å².